The summed E-state index contributed by atoms with van der Waals surface area (Å²) >= 11 is 0. The number of hydrogen-bond acceptors (Lipinski definition) is 4. The Labute approximate surface area is 127 Å². The van der Waals surface area contributed by atoms with Crippen LogP contribution >= 0.6 is 0 Å². The molecule has 124 valence electrons. The van der Waals surface area contributed by atoms with Crippen LogP contribution < -0.4 is 0 Å². The number of hydrogen-bond donors (Lipinski definition) is 1. The van der Waals surface area contributed by atoms with E-state index in [1.165, 1.54) is 15.7 Å². The molecule has 0 aromatic rings. The Balaban J connectivity index is 2.90. The minimum atomic E-state index is -3.65. The Morgan fingerprint density at radius 3 is 2.71 bits per heavy atom. The van der Waals surface area contributed by atoms with Crippen molar-refractivity contribution < 1.29 is 23.1 Å². The van der Waals surface area contributed by atoms with E-state index < -0.39 is 22.1 Å². The zero-order chi connectivity index (χ0) is 16.0. The molecule has 2 atom stereocenters. The fraction of sp³-hybridized carbons (Fsp3) is 0.923. The zero-order valence-corrected chi connectivity index (χ0v) is 13.8. The smallest absolute Gasteiger partial charge is 0.307 e. The monoisotopic (exact) mass is 322 g/mol. The third kappa shape index (κ3) is 4.64. The first-order valence-electron chi connectivity index (χ1n) is 7.33. The lowest BCUT2D eigenvalue weighted by Crippen LogP contribution is -2.52. The SMILES string of the molecule is CCC(C)N(CCOC)S(=O)(=O)N1CCCC(C(=O)O)C1. The van der Waals surface area contributed by atoms with Gasteiger partial charge in [0.15, 0.2) is 0 Å². The summed E-state index contributed by atoms with van der Waals surface area (Å²) in [5, 5.41) is 9.10. The molecule has 8 heteroatoms. The number of ether oxygens (including phenoxy) is 1. The zero-order valence-electron chi connectivity index (χ0n) is 13.0. The van der Waals surface area contributed by atoms with E-state index in [1.807, 2.05) is 13.8 Å². The molecule has 1 aliphatic heterocycles. The predicted molar refractivity (Wildman–Crippen MR) is 79.2 cm³/mol. The van der Waals surface area contributed by atoms with E-state index >= 15 is 0 Å². The van der Waals surface area contributed by atoms with Crippen LogP contribution in [0.5, 0.6) is 0 Å². The maximum Gasteiger partial charge on any atom is 0.307 e. The Kier molecular flexibility index (Phi) is 7.05. The Morgan fingerprint density at radius 1 is 1.52 bits per heavy atom. The third-order valence-corrected chi connectivity index (χ3v) is 6.07. The second kappa shape index (κ2) is 8.07. The first-order valence-corrected chi connectivity index (χ1v) is 8.72. The minimum absolute atomic E-state index is 0.0532. The highest BCUT2D eigenvalue weighted by Crippen LogP contribution is 2.23. The van der Waals surface area contributed by atoms with Crippen LogP contribution in [0.1, 0.15) is 33.1 Å². The molecule has 1 fully saturated rings. The highest BCUT2D eigenvalue weighted by Gasteiger charge is 2.37. The van der Waals surface area contributed by atoms with Gasteiger partial charge in [-0.25, -0.2) is 0 Å². The van der Waals surface area contributed by atoms with Crippen LogP contribution in [0.3, 0.4) is 0 Å². The Hall–Kier alpha value is -0.700. The molecule has 1 rings (SSSR count). The summed E-state index contributed by atoms with van der Waals surface area (Å²) in [4.78, 5) is 11.1. The van der Waals surface area contributed by atoms with Crippen LogP contribution in [0.2, 0.25) is 0 Å². The summed E-state index contributed by atoms with van der Waals surface area (Å²) in [5.74, 6) is -1.54. The second-order valence-electron chi connectivity index (χ2n) is 5.40. The van der Waals surface area contributed by atoms with Crippen LogP contribution in [-0.4, -0.2) is 67.5 Å². The fourth-order valence-electron chi connectivity index (χ4n) is 2.45. The number of nitrogens with zero attached hydrogens (tertiary/aromatic N) is 2. The van der Waals surface area contributed by atoms with E-state index in [1.54, 1.807) is 0 Å². The molecule has 1 N–H and O–H groups in total. The number of methoxy groups -OCH3 is 1. The summed E-state index contributed by atoms with van der Waals surface area (Å²) in [6.07, 6.45) is 1.80. The van der Waals surface area contributed by atoms with Crippen molar-refractivity contribution >= 4 is 16.2 Å². The molecule has 1 saturated heterocycles. The van der Waals surface area contributed by atoms with Gasteiger partial charge < -0.3 is 9.84 Å². The van der Waals surface area contributed by atoms with E-state index in [0.29, 0.717) is 32.4 Å². The summed E-state index contributed by atoms with van der Waals surface area (Å²) in [5.41, 5.74) is 0. The average molecular weight is 322 g/mol. The first-order chi connectivity index (χ1) is 9.84. The number of carbonyl (C=O) groups is 1. The molecule has 0 aliphatic carbocycles. The van der Waals surface area contributed by atoms with Crippen molar-refractivity contribution in [1.82, 2.24) is 8.61 Å². The molecule has 0 aromatic heterocycles. The molecule has 0 saturated carbocycles. The maximum absolute atomic E-state index is 12.8. The van der Waals surface area contributed by atoms with E-state index in [9.17, 15) is 13.2 Å². The molecule has 0 bridgehead atoms. The van der Waals surface area contributed by atoms with E-state index in [4.69, 9.17) is 9.84 Å². The normalized spacial score (nSPS) is 22.4. The molecule has 0 aromatic carbocycles. The van der Waals surface area contributed by atoms with E-state index in [-0.39, 0.29) is 19.1 Å². The highest BCUT2D eigenvalue weighted by molar-refractivity contribution is 7.86. The molecular formula is C13H26N2O5S. The lowest BCUT2D eigenvalue weighted by molar-refractivity contribution is -0.142. The van der Waals surface area contributed by atoms with Gasteiger partial charge in [0.05, 0.1) is 12.5 Å². The maximum atomic E-state index is 12.8. The number of rotatable bonds is 8. The van der Waals surface area contributed by atoms with Gasteiger partial charge in [0, 0.05) is 32.8 Å². The lowest BCUT2D eigenvalue weighted by atomic mass is 10.0. The molecule has 1 heterocycles. The van der Waals surface area contributed by atoms with Gasteiger partial charge in [-0.3, -0.25) is 4.79 Å². The molecule has 7 nitrogen and oxygen atoms in total. The minimum Gasteiger partial charge on any atom is -0.481 e. The first kappa shape index (κ1) is 18.3. The number of carboxylic acids is 1. The summed E-state index contributed by atoms with van der Waals surface area (Å²) in [6.45, 7) is 4.81. The molecule has 1 aliphatic rings. The van der Waals surface area contributed by atoms with Crippen LogP contribution in [0, 0.1) is 5.92 Å². The van der Waals surface area contributed by atoms with Crippen LogP contribution in [0.15, 0.2) is 0 Å². The number of aliphatic carboxylic acids is 1. The molecule has 0 radical (unpaired) electrons. The largest absolute Gasteiger partial charge is 0.481 e. The molecule has 0 spiro atoms. The Morgan fingerprint density at radius 2 is 2.19 bits per heavy atom. The fourth-order valence-corrected chi connectivity index (χ4v) is 4.38. The van der Waals surface area contributed by atoms with Crippen LogP contribution in [0.4, 0.5) is 0 Å². The van der Waals surface area contributed by atoms with Crippen molar-refractivity contribution in [1.29, 1.82) is 0 Å². The quantitative estimate of drug-likeness (QED) is 0.713. The van der Waals surface area contributed by atoms with Gasteiger partial charge in [-0.1, -0.05) is 6.92 Å². The van der Waals surface area contributed by atoms with Gasteiger partial charge in [-0.2, -0.15) is 17.0 Å². The van der Waals surface area contributed by atoms with Crippen LogP contribution in [0.25, 0.3) is 0 Å². The predicted octanol–water partition coefficient (Wildman–Crippen LogP) is 0.775. The van der Waals surface area contributed by atoms with E-state index in [0.717, 1.165) is 0 Å². The van der Waals surface area contributed by atoms with E-state index in [2.05, 4.69) is 0 Å². The topological polar surface area (TPSA) is 87.2 Å². The van der Waals surface area contributed by atoms with Crippen molar-refractivity contribution in [2.45, 2.75) is 39.2 Å². The summed E-state index contributed by atoms with van der Waals surface area (Å²) < 4.78 is 33.2. The molecule has 21 heavy (non-hydrogen) atoms. The average Bonchev–Trinajstić information content (AvgIpc) is 2.47. The number of piperidine rings is 1. The molecule has 2 unspecified atom stereocenters. The Bertz CT molecular complexity index is 440. The second-order valence-corrected chi connectivity index (χ2v) is 7.29. The van der Waals surface area contributed by atoms with Gasteiger partial charge in [0.1, 0.15) is 0 Å². The molecular weight excluding hydrogens is 296 g/mol. The third-order valence-electron chi connectivity index (χ3n) is 3.95. The van der Waals surface area contributed by atoms with Gasteiger partial charge in [-0.05, 0) is 26.2 Å². The van der Waals surface area contributed by atoms with Crippen molar-refractivity contribution in [3.8, 4) is 0 Å². The van der Waals surface area contributed by atoms with Crippen LogP contribution in [-0.2, 0) is 19.7 Å². The summed E-state index contributed by atoms with van der Waals surface area (Å²) in [6, 6.07) is -0.143. The molecule has 0 amide bonds. The lowest BCUT2D eigenvalue weighted by Gasteiger charge is -2.36. The van der Waals surface area contributed by atoms with Gasteiger partial charge in [-0.15, -0.1) is 0 Å². The number of carboxylic acid groups (broad SMARTS) is 1. The van der Waals surface area contributed by atoms with Gasteiger partial charge in [0.25, 0.3) is 10.2 Å². The van der Waals surface area contributed by atoms with Crippen molar-refractivity contribution in [2.75, 3.05) is 33.4 Å². The van der Waals surface area contributed by atoms with Gasteiger partial charge >= 0.3 is 5.97 Å². The highest BCUT2D eigenvalue weighted by atomic mass is 32.2. The standard InChI is InChI=1S/C13H26N2O5S/c1-4-11(2)15(8-9-20-3)21(18,19)14-7-5-6-12(10-14)13(16)17/h11-12H,4-10H2,1-3H3,(H,16,17). The van der Waals surface area contributed by atoms with Crippen molar-refractivity contribution in [3.63, 3.8) is 0 Å². The summed E-state index contributed by atoms with van der Waals surface area (Å²) in [7, 11) is -2.12. The van der Waals surface area contributed by atoms with Crippen molar-refractivity contribution in [3.05, 3.63) is 0 Å². The van der Waals surface area contributed by atoms with Crippen molar-refractivity contribution in [2.24, 2.45) is 5.92 Å². The van der Waals surface area contributed by atoms with Gasteiger partial charge in [0.2, 0.25) is 0 Å².